The van der Waals surface area contributed by atoms with Crippen LogP contribution in [-0.2, 0) is 5.88 Å². The molecule has 0 spiro atoms. The Labute approximate surface area is 82.7 Å². The van der Waals surface area contributed by atoms with E-state index < -0.39 is 18.1 Å². The zero-order chi connectivity index (χ0) is 10.7. The highest BCUT2D eigenvalue weighted by atomic mass is 35.5. The van der Waals surface area contributed by atoms with Crippen molar-refractivity contribution in [1.29, 1.82) is 0 Å². The van der Waals surface area contributed by atoms with E-state index in [0.717, 1.165) is 6.07 Å². The second-order valence-corrected chi connectivity index (χ2v) is 2.72. The third-order valence-electron chi connectivity index (χ3n) is 1.61. The van der Waals surface area contributed by atoms with Gasteiger partial charge in [0.25, 0.3) is 6.43 Å². The smallest absolute Gasteiger partial charge is 0.281 e. The lowest BCUT2D eigenvalue weighted by molar-refractivity contribution is 0.110. The molecule has 1 heterocycles. The van der Waals surface area contributed by atoms with Gasteiger partial charge in [0.05, 0.1) is 0 Å². The number of pyridine rings is 1. The molecule has 0 saturated heterocycles. The maximum Gasteiger partial charge on any atom is 0.281 e. The molecule has 0 unspecified atom stereocenters. The fourth-order valence-corrected chi connectivity index (χ4v) is 1.23. The first-order valence-corrected chi connectivity index (χ1v) is 4.12. The Bertz CT molecular complexity index is 357. The lowest BCUT2D eigenvalue weighted by Crippen LogP contribution is -2.04. The minimum Gasteiger partial charge on any atom is -0.298 e. The fraction of sp³-hybridized carbons (Fsp3) is 0.250. The average Bonchev–Trinajstić information content (AvgIpc) is 2.16. The van der Waals surface area contributed by atoms with Crippen LogP contribution in [0.2, 0.25) is 0 Å². The average molecular weight is 224 g/mol. The number of carbonyl (C=O) groups is 1. The lowest BCUT2D eigenvalue weighted by atomic mass is 10.1. The van der Waals surface area contributed by atoms with E-state index in [-0.39, 0.29) is 23.3 Å². The molecule has 1 aromatic rings. The van der Waals surface area contributed by atoms with Gasteiger partial charge in [-0.2, -0.15) is 4.39 Å². The van der Waals surface area contributed by atoms with Gasteiger partial charge in [-0.3, -0.25) is 4.79 Å². The number of hydrogen-bond acceptors (Lipinski definition) is 2. The van der Waals surface area contributed by atoms with Crippen LogP contribution >= 0.6 is 11.6 Å². The molecule has 14 heavy (non-hydrogen) atoms. The molecule has 2 nitrogen and oxygen atoms in total. The van der Waals surface area contributed by atoms with Crippen LogP contribution in [0.4, 0.5) is 13.2 Å². The highest BCUT2D eigenvalue weighted by Crippen LogP contribution is 2.23. The molecule has 0 radical (unpaired) electrons. The zero-order valence-electron chi connectivity index (χ0n) is 6.81. The fourth-order valence-electron chi connectivity index (χ4n) is 1.01. The van der Waals surface area contributed by atoms with Crippen LogP contribution in [0.3, 0.4) is 0 Å². The van der Waals surface area contributed by atoms with Crippen LogP contribution in [0, 0.1) is 5.95 Å². The monoisotopic (exact) mass is 223 g/mol. The van der Waals surface area contributed by atoms with Crippen molar-refractivity contribution in [3.05, 3.63) is 28.8 Å². The van der Waals surface area contributed by atoms with Crippen LogP contribution < -0.4 is 0 Å². The number of halogens is 4. The molecular weight excluding hydrogens is 219 g/mol. The van der Waals surface area contributed by atoms with Crippen molar-refractivity contribution >= 4 is 17.9 Å². The Morgan fingerprint density at radius 1 is 1.57 bits per heavy atom. The summed E-state index contributed by atoms with van der Waals surface area (Å²) in [5.74, 6) is -1.28. The lowest BCUT2D eigenvalue weighted by Gasteiger charge is -2.06. The minimum atomic E-state index is -2.99. The van der Waals surface area contributed by atoms with Crippen LogP contribution in [0.1, 0.15) is 28.0 Å². The van der Waals surface area contributed by atoms with E-state index in [1.54, 1.807) is 0 Å². The summed E-state index contributed by atoms with van der Waals surface area (Å²) in [6.07, 6.45) is -2.79. The normalized spacial score (nSPS) is 10.6. The molecule has 0 N–H and O–H groups in total. The number of hydrogen-bond donors (Lipinski definition) is 0. The predicted octanol–water partition coefficient (Wildman–Crippen LogP) is 2.71. The summed E-state index contributed by atoms with van der Waals surface area (Å²) in [6.45, 7) is 0. The highest BCUT2D eigenvalue weighted by Gasteiger charge is 2.19. The van der Waals surface area contributed by atoms with Crippen LogP contribution in [0.25, 0.3) is 0 Å². The number of alkyl halides is 3. The molecule has 0 saturated carbocycles. The van der Waals surface area contributed by atoms with Gasteiger partial charge in [0.15, 0.2) is 6.29 Å². The molecule has 76 valence electrons. The van der Waals surface area contributed by atoms with Gasteiger partial charge in [0, 0.05) is 11.4 Å². The summed E-state index contributed by atoms with van der Waals surface area (Å²) < 4.78 is 37.2. The van der Waals surface area contributed by atoms with E-state index in [1.807, 2.05) is 0 Å². The molecule has 0 aliphatic carbocycles. The Morgan fingerprint density at radius 3 is 2.64 bits per heavy atom. The SMILES string of the molecule is O=Cc1c(CCl)cc(F)nc1C(F)F. The van der Waals surface area contributed by atoms with Crippen molar-refractivity contribution in [3.8, 4) is 0 Å². The standard InChI is InChI=1S/C8H5ClF3NO/c9-2-4-1-6(10)13-7(8(11)12)5(4)3-14/h1,3,8H,2H2. The van der Waals surface area contributed by atoms with Crippen LogP contribution in [-0.4, -0.2) is 11.3 Å². The van der Waals surface area contributed by atoms with Crippen molar-refractivity contribution in [1.82, 2.24) is 4.98 Å². The van der Waals surface area contributed by atoms with Gasteiger partial charge in [-0.05, 0) is 11.6 Å². The van der Waals surface area contributed by atoms with Crippen molar-refractivity contribution in [2.45, 2.75) is 12.3 Å². The first-order chi connectivity index (χ1) is 6.60. The summed E-state index contributed by atoms with van der Waals surface area (Å²) in [4.78, 5) is 13.4. The number of aromatic nitrogens is 1. The predicted molar refractivity (Wildman–Crippen MR) is 44.1 cm³/mol. The molecule has 0 fully saturated rings. The Kier molecular flexibility index (Phi) is 3.46. The highest BCUT2D eigenvalue weighted by molar-refractivity contribution is 6.17. The van der Waals surface area contributed by atoms with Gasteiger partial charge in [0.1, 0.15) is 5.69 Å². The largest absolute Gasteiger partial charge is 0.298 e. The zero-order valence-corrected chi connectivity index (χ0v) is 7.56. The second-order valence-electron chi connectivity index (χ2n) is 2.46. The molecule has 1 aromatic heterocycles. The molecule has 1 rings (SSSR count). The first kappa shape index (κ1) is 11.0. The van der Waals surface area contributed by atoms with Gasteiger partial charge in [-0.15, -0.1) is 11.6 Å². The quantitative estimate of drug-likeness (QED) is 0.448. The molecule has 6 heteroatoms. The van der Waals surface area contributed by atoms with Crippen LogP contribution in [0.5, 0.6) is 0 Å². The third kappa shape index (κ3) is 2.04. The molecule has 0 aliphatic heterocycles. The third-order valence-corrected chi connectivity index (χ3v) is 1.90. The van der Waals surface area contributed by atoms with E-state index in [9.17, 15) is 18.0 Å². The Morgan fingerprint density at radius 2 is 2.21 bits per heavy atom. The maximum absolute atomic E-state index is 12.7. The van der Waals surface area contributed by atoms with E-state index in [4.69, 9.17) is 11.6 Å². The van der Waals surface area contributed by atoms with E-state index in [1.165, 1.54) is 0 Å². The molecular formula is C8H5ClF3NO. The first-order valence-electron chi connectivity index (χ1n) is 3.58. The Balaban J connectivity index is 3.39. The number of carbonyl (C=O) groups excluding carboxylic acids is 1. The summed E-state index contributed by atoms with van der Waals surface area (Å²) in [5, 5.41) is 0. The van der Waals surface area contributed by atoms with Crippen molar-refractivity contribution in [3.63, 3.8) is 0 Å². The van der Waals surface area contributed by atoms with Gasteiger partial charge in [0.2, 0.25) is 5.95 Å². The molecule has 0 bridgehead atoms. The summed E-state index contributed by atoms with van der Waals surface area (Å²) >= 11 is 5.36. The molecule has 0 aliphatic rings. The van der Waals surface area contributed by atoms with Gasteiger partial charge in [-0.1, -0.05) is 0 Å². The molecule has 0 aromatic carbocycles. The number of nitrogens with zero attached hydrogens (tertiary/aromatic N) is 1. The topological polar surface area (TPSA) is 30.0 Å². The van der Waals surface area contributed by atoms with E-state index >= 15 is 0 Å². The number of aldehydes is 1. The van der Waals surface area contributed by atoms with Crippen molar-refractivity contribution in [2.75, 3.05) is 0 Å². The number of rotatable bonds is 3. The van der Waals surface area contributed by atoms with E-state index in [2.05, 4.69) is 4.98 Å². The van der Waals surface area contributed by atoms with Gasteiger partial charge < -0.3 is 0 Å². The molecule has 0 amide bonds. The maximum atomic E-state index is 12.7. The Hall–Kier alpha value is -1.10. The minimum absolute atomic E-state index is 0.0180. The van der Waals surface area contributed by atoms with Crippen LogP contribution in [0.15, 0.2) is 6.07 Å². The van der Waals surface area contributed by atoms with E-state index in [0.29, 0.717) is 0 Å². The molecule has 0 atom stereocenters. The van der Waals surface area contributed by atoms with Gasteiger partial charge >= 0.3 is 0 Å². The van der Waals surface area contributed by atoms with Crippen molar-refractivity contribution in [2.24, 2.45) is 0 Å². The summed E-state index contributed by atoms with van der Waals surface area (Å²) in [5.41, 5.74) is -1.18. The summed E-state index contributed by atoms with van der Waals surface area (Å²) in [7, 11) is 0. The van der Waals surface area contributed by atoms with Crippen molar-refractivity contribution < 1.29 is 18.0 Å². The van der Waals surface area contributed by atoms with Gasteiger partial charge in [-0.25, -0.2) is 13.8 Å². The summed E-state index contributed by atoms with van der Waals surface area (Å²) in [6, 6.07) is 0.864. The second kappa shape index (κ2) is 4.41.